The summed E-state index contributed by atoms with van der Waals surface area (Å²) in [5.41, 5.74) is 2.75. The maximum absolute atomic E-state index is 10.9. The third-order valence-corrected chi connectivity index (χ3v) is 10.0. The van der Waals surface area contributed by atoms with E-state index >= 15 is 0 Å². The monoisotopic (exact) mass is 400 g/mol. The Hall–Kier alpha value is -2.42. The second-order valence-electron chi connectivity index (χ2n) is 8.31. The zero-order chi connectivity index (χ0) is 20.5. The first-order chi connectivity index (χ1) is 14.1. The van der Waals surface area contributed by atoms with Gasteiger partial charge in [0.15, 0.2) is 0 Å². The Morgan fingerprint density at radius 2 is 1.34 bits per heavy atom. The van der Waals surface area contributed by atoms with E-state index in [0.717, 1.165) is 24.8 Å². The van der Waals surface area contributed by atoms with Crippen molar-refractivity contribution in [1.29, 1.82) is 0 Å². The first kappa shape index (κ1) is 21.3. The molecule has 0 aliphatic carbocycles. The molecule has 0 radical (unpaired) electrons. The van der Waals surface area contributed by atoms with E-state index in [1.165, 1.54) is 10.8 Å². The van der Waals surface area contributed by atoms with Crippen molar-refractivity contribution in [3.8, 4) is 0 Å². The molecule has 2 atom stereocenters. The van der Waals surface area contributed by atoms with Crippen molar-refractivity contribution in [2.75, 3.05) is 0 Å². The maximum atomic E-state index is 10.9. The van der Waals surface area contributed by atoms with Crippen LogP contribution in [0, 0.1) is 0 Å². The van der Waals surface area contributed by atoms with Gasteiger partial charge in [0.1, 0.15) is 0 Å². The van der Waals surface area contributed by atoms with Crippen molar-refractivity contribution >= 4 is 13.3 Å². The van der Waals surface area contributed by atoms with Gasteiger partial charge in [-0.25, -0.2) is 0 Å². The first-order valence-corrected chi connectivity index (χ1v) is 13.6. The number of aryl methyl sites for hydroxylation is 1. The van der Waals surface area contributed by atoms with Gasteiger partial charge in [-0.3, -0.25) is 0 Å². The lowest BCUT2D eigenvalue weighted by molar-refractivity contribution is 0.168. The van der Waals surface area contributed by atoms with Gasteiger partial charge < -0.3 is 5.11 Å². The van der Waals surface area contributed by atoms with Crippen LogP contribution in [0.2, 0.25) is 18.6 Å². The quantitative estimate of drug-likeness (QED) is 0.331. The molecule has 3 rings (SSSR count). The summed E-state index contributed by atoms with van der Waals surface area (Å²) in [6, 6.07) is 31.6. The molecule has 3 aromatic rings. The third kappa shape index (κ3) is 6.03. The molecule has 0 aliphatic rings. The van der Waals surface area contributed by atoms with Crippen LogP contribution in [-0.4, -0.2) is 13.2 Å². The number of hydrogen-bond acceptors (Lipinski definition) is 1. The van der Waals surface area contributed by atoms with E-state index in [-0.39, 0.29) is 0 Å². The molecule has 1 nitrogen and oxygen atoms in total. The Kier molecular flexibility index (Phi) is 7.62. The van der Waals surface area contributed by atoms with Crippen LogP contribution in [-0.2, 0) is 6.42 Å². The molecule has 0 unspecified atom stereocenters. The Morgan fingerprint density at radius 1 is 0.793 bits per heavy atom. The Bertz CT molecular complexity index is 872. The van der Waals surface area contributed by atoms with Gasteiger partial charge in [-0.1, -0.05) is 121 Å². The Balaban J connectivity index is 1.76. The Morgan fingerprint density at radius 3 is 1.97 bits per heavy atom. The summed E-state index contributed by atoms with van der Waals surface area (Å²) in [7, 11) is -1.78. The van der Waals surface area contributed by atoms with E-state index in [1.54, 1.807) is 0 Å². The van der Waals surface area contributed by atoms with E-state index in [4.69, 9.17) is 0 Å². The molecule has 0 spiro atoms. The van der Waals surface area contributed by atoms with Gasteiger partial charge in [-0.15, -0.1) is 0 Å². The van der Waals surface area contributed by atoms with Gasteiger partial charge in [0, 0.05) is 0 Å². The second-order valence-corrected chi connectivity index (χ2v) is 13.1. The minimum atomic E-state index is -1.78. The summed E-state index contributed by atoms with van der Waals surface area (Å²) < 4.78 is 0. The number of aliphatic hydroxyl groups excluding tert-OH is 1. The smallest absolute Gasteiger partial charge is 0.0874 e. The van der Waals surface area contributed by atoms with Gasteiger partial charge in [0.2, 0.25) is 0 Å². The molecule has 1 N–H and O–H groups in total. The molecule has 3 aromatic carbocycles. The lowest BCUT2D eigenvalue weighted by atomic mass is 10.0. The molecule has 0 bridgehead atoms. The first-order valence-electron chi connectivity index (χ1n) is 10.6. The predicted octanol–water partition coefficient (Wildman–Crippen LogP) is 6.28. The molecule has 0 aromatic heterocycles. The topological polar surface area (TPSA) is 20.2 Å². The highest BCUT2D eigenvalue weighted by molar-refractivity contribution is 6.91. The summed E-state index contributed by atoms with van der Waals surface area (Å²) in [5, 5.41) is 12.4. The SMILES string of the molecule is C[Si](C)(c1ccccc1)[C@@H](/C=C/CCc1ccccc1)C[C@H](O)c1ccccc1. The molecule has 0 saturated heterocycles. The fourth-order valence-electron chi connectivity index (χ4n) is 3.90. The largest absolute Gasteiger partial charge is 0.388 e. The molecule has 150 valence electrons. The number of benzene rings is 3. The average Bonchev–Trinajstić information content (AvgIpc) is 2.77. The van der Waals surface area contributed by atoms with Crippen molar-refractivity contribution in [2.24, 2.45) is 0 Å². The van der Waals surface area contributed by atoms with E-state index in [2.05, 4.69) is 85.9 Å². The normalized spacial score (nSPS) is 14.0. The van der Waals surface area contributed by atoms with Crippen LogP contribution >= 0.6 is 0 Å². The highest BCUT2D eigenvalue weighted by atomic mass is 28.3. The van der Waals surface area contributed by atoms with Crippen molar-refractivity contribution in [2.45, 2.75) is 44.0 Å². The second kappa shape index (κ2) is 10.4. The fraction of sp³-hybridized carbons (Fsp3) is 0.259. The third-order valence-electron chi connectivity index (χ3n) is 5.92. The van der Waals surface area contributed by atoms with E-state index in [9.17, 15) is 5.11 Å². The summed E-state index contributed by atoms with van der Waals surface area (Å²) >= 11 is 0. The number of aliphatic hydroxyl groups is 1. The molecular weight excluding hydrogens is 368 g/mol. The lowest BCUT2D eigenvalue weighted by Crippen LogP contribution is -2.45. The summed E-state index contributed by atoms with van der Waals surface area (Å²) in [6.07, 6.45) is 7.12. The molecule has 2 heteroatoms. The molecule has 0 aliphatic heterocycles. The molecule has 29 heavy (non-hydrogen) atoms. The summed E-state index contributed by atoms with van der Waals surface area (Å²) in [4.78, 5) is 0. The van der Waals surface area contributed by atoms with Crippen LogP contribution < -0.4 is 5.19 Å². The summed E-state index contributed by atoms with van der Waals surface area (Å²) in [6.45, 7) is 4.85. The van der Waals surface area contributed by atoms with Crippen LogP contribution in [0.15, 0.2) is 103 Å². The standard InChI is InChI=1S/C27H32OSi/c1-29(2,25-19-10-5-11-20-25)26(22-27(28)24-17-8-4-9-18-24)21-13-12-16-23-14-6-3-7-15-23/h3-11,13-15,17-21,26-28H,12,16,22H2,1-2H3/b21-13+/t26-,27-/m0/s1. The van der Waals surface area contributed by atoms with E-state index < -0.39 is 14.2 Å². The van der Waals surface area contributed by atoms with E-state index in [1.807, 2.05) is 30.3 Å². The zero-order valence-corrected chi connectivity index (χ0v) is 18.5. The highest BCUT2D eigenvalue weighted by Gasteiger charge is 2.33. The molecule has 0 amide bonds. The molecule has 0 saturated carbocycles. The minimum absolute atomic E-state index is 0.371. The van der Waals surface area contributed by atoms with E-state index in [0.29, 0.717) is 5.54 Å². The van der Waals surface area contributed by atoms with Crippen molar-refractivity contribution in [3.05, 3.63) is 114 Å². The zero-order valence-electron chi connectivity index (χ0n) is 17.5. The van der Waals surface area contributed by atoms with Gasteiger partial charge in [-0.2, -0.15) is 0 Å². The Labute approximate surface area is 176 Å². The van der Waals surface area contributed by atoms with Crippen LogP contribution in [0.4, 0.5) is 0 Å². The molecular formula is C27H32OSi. The maximum Gasteiger partial charge on any atom is 0.0874 e. The van der Waals surface area contributed by atoms with Crippen LogP contribution in [0.3, 0.4) is 0 Å². The van der Waals surface area contributed by atoms with Gasteiger partial charge in [-0.05, 0) is 35.9 Å². The van der Waals surface area contributed by atoms with Crippen molar-refractivity contribution in [1.82, 2.24) is 0 Å². The number of hydrogen-bond donors (Lipinski definition) is 1. The average molecular weight is 401 g/mol. The van der Waals surface area contributed by atoms with Crippen molar-refractivity contribution in [3.63, 3.8) is 0 Å². The van der Waals surface area contributed by atoms with Gasteiger partial charge >= 0.3 is 0 Å². The van der Waals surface area contributed by atoms with Crippen LogP contribution in [0.1, 0.15) is 30.1 Å². The summed E-state index contributed by atoms with van der Waals surface area (Å²) in [5.74, 6) is 0. The number of rotatable bonds is 9. The predicted molar refractivity (Wildman–Crippen MR) is 127 cm³/mol. The molecule has 0 fully saturated rings. The van der Waals surface area contributed by atoms with Crippen molar-refractivity contribution < 1.29 is 5.11 Å². The molecule has 0 heterocycles. The van der Waals surface area contributed by atoms with Gasteiger partial charge in [0.05, 0.1) is 14.2 Å². The minimum Gasteiger partial charge on any atom is -0.388 e. The lowest BCUT2D eigenvalue weighted by Gasteiger charge is -2.33. The van der Waals surface area contributed by atoms with Crippen LogP contribution in [0.5, 0.6) is 0 Å². The van der Waals surface area contributed by atoms with Gasteiger partial charge in [0.25, 0.3) is 0 Å². The fourth-order valence-corrected chi connectivity index (χ4v) is 6.81. The number of allylic oxidation sites excluding steroid dienone is 2. The van der Waals surface area contributed by atoms with Crippen LogP contribution in [0.25, 0.3) is 0 Å². The highest BCUT2D eigenvalue weighted by Crippen LogP contribution is 2.33.